The number of carbonyl (C=O) groups is 2. The van der Waals surface area contributed by atoms with E-state index < -0.39 is 6.09 Å². The predicted octanol–water partition coefficient (Wildman–Crippen LogP) is 2.45. The lowest BCUT2D eigenvalue weighted by Gasteiger charge is -2.04. The monoisotopic (exact) mass is 276 g/mol. The summed E-state index contributed by atoms with van der Waals surface area (Å²) in [6, 6.07) is 5.48. The van der Waals surface area contributed by atoms with Crippen molar-refractivity contribution in [2.45, 2.75) is 12.8 Å². The van der Waals surface area contributed by atoms with Crippen molar-refractivity contribution >= 4 is 28.7 Å². The van der Waals surface area contributed by atoms with Crippen molar-refractivity contribution in [3.05, 3.63) is 30.0 Å². The topological polar surface area (TPSA) is 80.4 Å². The Labute approximate surface area is 116 Å². The van der Waals surface area contributed by atoms with Crippen LogP contribution in [0.1, 0.15) is 12.0 Å². The number of carbonyl (C=O) groups excluding carboxylic acids is 2. The molecule has 2 N–H and O–H groups in total. The fourth-order valence-corrected chi connectivity index (χ4v) is 1.97. The van der Waals surface area contributed by atoms with Crippen LogP contribution in [0.25, 0.3) is 10.9 Å². The van der Waals surface area contributed by atoms with E-state index in [0.29, 0.717) is 18.5 Å². The molecule has 0 radical (unpaired) electrons. The molecule has 6 nitrogen and oxygen atoms in total. The van der Waals surface area contributed by atoms with Gasteiger partial charge in [0.05, 0.1) is 14.2 Å². The maximum Gasteiger partial charge on any atom is 0.411 e. The van der Waals surface area contributed by atoms with Gasteiger partial charge in [0.2, 0.25) is 0 Å². The van der Waals surface area contributed by atoms with E-state index in [1.54, 1.807) is 6.07 Å². The van der Waals surface area contributed by atoms with Gasteiger partial charge in [-0.2, -0.15) is 0 Å². The second-order valence-electron chi connectivity index (χ2n) is 4.27. The van der Waals surface area contributed by atoms with Gasteiger partial charge < -0.3 is 14.5 Å². The molecule has 0 aliphatic rings. The number of aryl methyl sites for hydroxylation is 1. The highest BCUT2D eigenvalue weighted by Gasteiger charge is 2.09. The minimum Gasteiger partial charge on any atom is -0.469 e. The van der Waals surface area contributed by atoms with Crippen molar-refractivity contribution in [2.75, 3.05) is 19.5 Å². The molecule has 1 amide bonds. The van der Waals surface area contributed by atoms with Crippen LogP contribution in [-0.2, 0) is 20.7 Å². The molecule has 1 aromatic carbocycles. The van der Waals surface area contributed by atoms with E-state index in [1.807, 2.05) is 18.3 Å². The van der Waals surface area contributed by atoms with E-state index in [0.717, 1.165) is 16.5 Å². The molecule has 2 rings (SSSR count). The number of aromatic amines is 1. The lowest BCUT2D eigenvalue weighted by Crippen LogP contribution is -2.10. The molecule has 1 heterocycles. The first-order valence-electron chi connectivity index (χ1n) is 6.16. The molecule has 0 fully saturated rings. The van der Waals surface area contributed by atoms with E-state index in [1.165, 1.54) is 14.2 Å². The zero-order valence-electron chi connectivity index (χ0n) is 11.4. The molecule has 0 aliphatic carbocycles. The fraction of sp³-hybridized carbons (Fsp3) is 0.286. The van der Waals surface area contributed by atoms with Gasteiger partial charge >= 0.3 is 12.1 Å². The molecule has 106 valence electrons. The minimum atomic E-state index is -0.518. The van der Waals surface area contributed by atoms with Gasteiger partial charge in [0.1, 0.15) is 0 Å². The summed E-state index contributed by atoms with van der Waals surface area (Å²) < 4.78 is 9.18. The van der Waals surface area contributed by atoms with Gasteiger partial charge in [-0.15, -0.1) is 0 Å². The molecule has 0 saturated heterocycles. The third-order valence-electron chi connectivity index (χ3n) is 3.03. The van der Waals surface area contributed by atoms with Crippen LogP contribution in [-0.4, -0.2) is 31.3 Å². The maximum absolute atomic E-state index is 11.2. The molecule has 2 aromatic rings. The van der Waals surface area contributed by atoms with Gasteiger partial charge in [0, 0.05) is 29.2 Å². The van der Waals surface area contributed by atoms with Gasteiger partial charge in [-0.3, -0.25) is 10.1 Å². The molecule has 0 saturated carbocycles. The molecule has 6 heteroatoms. The Bertz CT molecular complexity index is 633. The largest absolute Gasteiger partial charge is 0.469 e. The lowest BCUT2D eigenvalue weighted by atomic mass is 10.1. The molecule has 20 heavy (non-hydrogen) atoms. The molecule has 1 aromatic heterocycles. The first-order chi connectivity index (χ1) is 9.63. The molecule has 0 aliphatic heterocycles. The summed E-state index contributed by atoms with van der Waals surface area (Å²) in [7, 11) is 2.68. The van der Waals surface area contributed by atoms with Gasteiger partial charge in [-0.05, 0) is 30.2 Å². The number of anilines is 1. The van der Waals surface area contributed by atoms with Crippen molar-refractivity contribution in [2.24, 2.45) is 0 Å². The third kappa shape index (κ3) is 3.09. The number of hydrogen-bond acceptors (Lipinski definition) is 4. The van der Waals surface area contributed by atoms with Crippen LogP contribution < -0.4 is 5.32 Å². The minimum absolute atomic E-state index is 0.247. The number of methoxy groups -OCH3 is 2. The summed E-state index contributed by atoms with van der Waals surface area (Å²) in [5.74, 6) is -0.247. The van der Waals surface area contributed by atoms with Crippen LogP contribution in [0.15, 0.2) is 24.4 Å². The lowest BCUT2D eigenvalue weighted by molar-refractivity contribution is -0.140. The zero-order valence-corrected chi connectivity index (χ0v) is 11.4. The highest BCUT2D eigenvalue weighted by atomic mass is 16.5. The first kappa shape index (κ1) is 13.9. The molecule has 0 bridgehead atoms. The number of rotatable bonds is 4. The summed E-state index contributed by atoms with van der Waals surface area (Å²) >= 11 is 0. The molecular weight excluding hydrogens is 260 g/mol. The average Bonchev–Trinajstić information content (AvgIpc) is 2.87. The van der Waals surface area contributed by atoms with E-state index in [2.05, 4.69) is 19.8 Å². The van der Waals surface area contributed by atoms with E-state index >= 15 is 0 Å². The Balaban J connectivity index is 2.21. The van der Waals surface area contributed by atoms with Gasteiger partial charge in [-0.1, -0.05) is 0 Å². The van der Waals surface area contributed by atoms with E-state index in [4.69, 9.17) is 0 Å². The van der Waals surface area contributed by atoms with Crippen LogP contribution in [0.3, 0.4) is 0 Å². The predicted molar refractivity (Wildman–Crippen MR) is 74.7 cm³/mol. The van der Waals surface area contributed by atoms with Crippen molar-refractivity contribution in [1.29, 1.82) is 0 Å². The van der Waals surface area contributed by atoms with Crippen molar-refractivity contribution < 1.29 is 19.1 Å². The van der Waals surface area contributed by atoms with Crippen LogP contribution in [0, 0.1) is 0 Å². The van der Waals surface area contributed by atoms with E-state index in [9.17, 15) is 9.59 Å². The number of amides is 1. The SMILES string of the molecule is COC(=O)CCc1c[nH]c2ccc(NC(=O)OC)cc12. The first-order valence-corrected chi connectivity index (χ1v) is 6.16. The Kier molecular flexibility index (Phi) is 4.24. The highest BCUT2D eigenvalue weighted by Crippen LogP contribution is 2.23. The summed E-state index contributed by atoms with van der Waals surface area (Å²) in [6.07, 6.45) is 2.23. The zero-order chi connectivity index (χ0) is 14.5. The Morgan fingerprint density at radius 3 is 2.75 bits per heavy atom. The maximum atomic E-state index is 11.2. The van der Waals surface area contributed by atoms with Crippen LogP contribution in [0.2, 0.25) is 0 Å². The van der Waals surface area contributed by atoms with Crippen LogP contribution in [0.4, 0.5) is 10.5 Å². The second kappa shape index (κ2) is 6.10. The number of aromatic nitrogens is 1. The summed E-state index contributed by atoms with van der Waals surface area (Å²) in [6.45, 7) is 0. The molecule has 0 unspecified atom stereocenters. The summed E-state index contributed by atoms with van der Waals surface area (Å²) in [5.41, 5.74) is 2.59. The van der Waals surface area contributed by atoms with Gasteiger partial charge in [0.25, 0.3) is 0 Å². The number of esters is 1. The summed E-state index contributed by atoms with van der Waals surface area (Å²) in [5, 5.41) is 3.57. The number of H-pyrrole nitrogens is 1. The van der Waals surface area contributed by atoms with E-state index in [-0.39, 0.29) is 5.97 Å². The Morgan fingerprint density at radius 2 is 2.05 bits per heavy atom. The fourth-order valence-electron chi connectivity index (χ4n) is 1.97. The number of nitrogens with one attached hydrogen (secondary N) is 2. The molecule has 0 atom stereocenters. The number of ether oxygens (including phenoxy) is 2. The van der Waals surface area contributed by atoms with Gasteiger partial charge in [0.15, 0.2) is 0 Å². The number of fused-ring (bicyclic) bond motifs is 1. The quantitative estimate of drug-likeness (QED) is 0.840. The normalized spacial score (nSPS) is 10.3. The molecular formula is C14H16N2O4. The second-order valence-corrected chi connectivity index (χ2v) is 4.27. The van der Waals surface area contributed by atoms with Crippen molar-refractivity contribution in [1.82, 2.24) is 4.98 Å². The van der Waals surface area contributed by atoms with Crippen LogP contribution >= 0.6 is 0 Å². The van der Waals surface area contributed by atoms with Crippen molar-refractivity contribution in [3.63, 3.8) is 0 Å². The Morgan fingerprint density at radius 1 is 1.25 bits per heavy atom. The number of benzene rings is 1. The van der Waals surface area contributed by atoms with Gasteiger partial charge in [-0.25, -0.2) is 4.79 Å². The highest BCUT2D eigenvalue weighted by molar-refractivity contribution is 5.91. The third-order valence-corrected chi connectivity index (χ3v) is 3.03. The molecule has 0 spiro atoms. The van der Waals surface area contributed by atoms with Crippen molar-refractivity contribution in [3.8, 4) is 0 Å². The van der Waals surface area contributed by atoms with Crippen LogP contribution in [0.5, 0.6) is 0 Å². The summed E-state index contributed by atoms with van der Waals surface area (Å²) in [4.78, 5) is 25.5. The average molecular weight is 276 g/mol. The number of hydrogen-bond donors (Lipinski definition) is 2. The Hall–Kier alpha value is -2.50. The standard InChI is InChI=1S/C14H16N2O4/c1-19-13(17)6-3-9-8-15-12-5-4-10(7-11(9)12)16-14(18)20-2/h4-5,7-8,15H,3,6H2,1-2H3,(H,16,18). The smallest absolute Gasteiger partial charge is 0.411 e.